The topological polar surface area (TPSA) is 102 Å². The lowest BCUT2D eigenvalue weighted by atomic mass is 10.1. The van der Waals surface area contributed by atoms with Gasteiger partial charge in [-0.25, -0.2) is 9.48 Å². The number of nitrogens with zero attached hydrogens (tertiary/aromatic N) is 3. The zero-order chi connectivity index (χ0) is 22.0. The van der Waals surface area contributed by atoms with Gasteiger partial charge >= 0.3 is 5.97 Å². The summed E-state index contributed by atoms with van der Waals surface area (Å²) in [5.41, 5.74) is 1.89. The zero-order valence-corrected chi connectivity index (χ0v) is 17.5. The third-order valence-electron chi connectivity index (χ3n) is 4.49. The molecular formula is C23H23N5O3. The average Bonchev–Trinajstić information content (AvgIpc) is 3.17. The van der Waals surface area contributed by atoms with Crippen molar-refractivity contribution in [2.75, 3.05) is 5.32 Å². The number of fused-ring (bicyclic) bond motifs is 1. The minimum absolute atomic E-state index is 0.269. The Hall–Kier alpha value is -3.94. The highest BCUT2D eigenvalue weighted by molar-refractivity contribution is 5.89. The molecule has 0 saturated carbocycles. The molecule has 0 spiro atoms. The summed E-state index contributed by atoms with van der Waals surface area (Å²) in [6, 6.07) is 16.6. The molecule has 0 bridgehead atoms. The number of hydrogen-bond acceptors (Lipinski definition) is 6. The van der Waals surface area contributed by atoms with E-state index in [1.807, 2.05) is 63.2 Å². The van der Waals surface area contributed by atoms with Gasteiger partial charge in [-0.3, -0.25) is 9.78 Å². The van der Waals surface area contributed by atoms with Crippen LogP contribution in [-0.2, 0) is 11.3 Å². The van der Waals surface area contributed by atoms with Gasteiger partial charge in [0.25, 0.3) is 5.56 Å². The number of ether oxygens (including phenoxy) is 1. The molecule has 2 aromatic carbocycles. The van der Waals surface area contributed by atoms with Crippen LogP contribution in [0.4, 0.5) is 5.95 Å². The van der Waals surface area contributed by atoms with Gasteiger partial charge in [0.1, 0.15) is 11.0 Å². The van der Waals surface area contributed by atoms with E-state index in [0.29, 0.717) is 29.1 Å². The van der Waals surface area contributed by atoms with E-state index in [1.165, 1.54) is 6.20 Å². The normalized spacial score (nSPS) is 11.5. The van der Waals surface area contributed by atoms with Crippen LogP contribution < -0.4 is 10.9 Å². The number of esters is 1. The number of carbonyl (C=O) groups excluding carboxylic acids is 1. The van der Waals surface area contributed by atoms with E-state index in [9.17, 15) is 9.59 Å². The van der Waals surface area contributed by atoms with Gasteiger partial charge in [0.05, 0.1) is 17.4 Å². The first-order valence-electron chi connectivity index (χ1n) is 9.90. The highest BCUT2D eigenvalue weighted by Crippen LogP contribution is 2.16. The van der Waals surface area contributed by atoms with Crippen LogP contribution in [0.2, 0.25) is 0 Å². The van der Waals surface area contributed by atoms with Crippen molar-refractivity contribution in [2.45, 2.75) is 32.9 Å². The summed E-state index contributed by atoms with van der Waals surface area (Å²) in [5.74, 6) is -0.0240. The van der Waals surface area contributed by atoms with Gasteiger partial charge in [0, 0.05) is 6.54 Å². The Morgan fingerprint density at radius 3 is 2.48 bits per heavy atom. The van der Waals surface area contributed by atoms with Crippen molar-refractivity contribution in [1.82, 2.24) is 19.7 Å². The van der Waals surface area contributed by atoms with Gasteiger partial charge in [-0.05, 0) is 50.6 Å². The molecule has 0 aliphatic rings. The molecule has 0 unspecified atom stereocenters. The fraction of sp³-hybridized carbons (Fsp3) is 0.217. The average molecular weight is 417 g/mol. The predicted molar refractivity (Wildman–Crippen MR) is 118 cm³/mol. The lowest BCUT2D eigenvalue weighted by Gasteiger charge is -2.19. The number of anilines is 1. The summed E-state index contributed by atoms with van der Waals surface area (Å²) in [5, 5.41) is 7.84. The van der Waals surface area contributed by atoms with Crippen molar-refractivity contribution in [3.05, 3.63) is 82.3 Å². The van der Waals surface area contributed by atoms with Crippen LogP contribution in [0, 0.1) is 0 Å². The van der Waals surface area contributed by atoms with Gasteiger partial charge in [-0.2, -0.15) is 10.1 Å². The quantitative estimate of drug-likeness (QED) is 0.481. The van der Waals surface area contributed by atoms with Crippen molar-refractivity contribution in [1.29, 1.82) is 0 Å². The van der Waals surface area contributed by atoms with Gasteiger partial charge in [-0.15, -0.1) is 0 Å². The molecule has 0 aliphatic carbocycles. The van der Waals surface area contributed by atoms with Crippen LogP contribution in [0.25, 0.3) is 16.7 Å². The van der Waals surface area contributed by atoms with Crippen molar-refractivity contribution in [3.63, 3.8) is 0 Å². The minimum atomic E-state index is -0.542. The summed E-state index contributed by atoms with van der Waals surface area (Å²) in [6.45, 7) is 5.91. The van der Waals surface area contributed by atoms with E-state index < -0.39 is 5.60 Å². The maximum atomic E-state index is 12.4. The van der Waals surface area contributed by atoms with E-state index in [2.05, 4.69) is 20.4 Å². The van der Waals surface area contributed by atoms with E-state index in [1.54, 1.807) is 16.8 Å². The molecule has 31 heavy (non-hydrogen) atoms. The van der Waals surface area contributed by atoms with Gasteiger partial charge in [0.15, 0.2) is 5.65 Å². The van der Waals surface area contributed by atoms with Crippen molar-refractivity contribution in [2.24, 2.45) is 0 Å². The molecule has 0 atom stereocenters. The summed E-state index contributed by atoms with van der Waals surface area (Å²) < 4.78 is 7.00. The lowest BCUT2D eigenvalue weighted by molar-refractivity contribution is 0.00695. The Morgan fingerprint density at radius 2 is 1.81 bits per heavy atom. The van der Waals surface area contributed by atoms with Gasteiger partial charge in [0.2, 0.25) is 5.95 Å². The van der Waals surface area contributed by atoms with Crippen LogP contribution in [0.1, 0.15) is 36.7 Å². The Labute approximate surface area is 178 Å². The third-order valence-corrected chi connectivity index (χ3v) is 4.49. The second-order valence-electron chi connectivity index (χ2n) is 8.10. The molecule has 0 aliphatic heterocycles. The zero-order valence-electron chi connectivity index (χ0n) is 17.5. The fourth-order valence-electron chi connectivity index (χ4n) is 3.04. The van der Waals surface area contributed by atoms with Crippen LogP contribution >= 0.6 is 0 Å². The first kappa shape index (κ1) is 20.3. The Bertz CT molecular complexity index is 1270. The predicted octanol–water partition coefficient (Wildman–Crippen LogP) is 3.68. The monoisotopic (exact) mass is 417 g/mol. The molecule has 0 amide bonds. The molecular weight excluding hydrogens is 394 g/mol. The standard InChI is InChI=1S/C23H23N5O3/c1-23(2,3)31-21(30)16-11-9-15(10-12-16)13-24-22-26-19-18(20(29)27-22)14-25-28(19)17-7-5-4-6-8-17/h4-12,14H,13H2,1-3H3,(H2,24,26,27,29). The molecule has 0 fully saturated rings. The van der Waals surface area contributed by atoms with Gasteiger partial charge in [-0.1, -0.05) is 30.3 Å². The number of nitrogens with one attached hydrogen (secondary N) is 2. The number of aromatic amines is 1. The molecule has 0 saturated heterocycles. The highest BCUT2D eigenvalue weighted by atomic mass is 16.6. The molecule has 2 heterocycles. The first-order valence-corrected chi connectivity index (χ1v) is 9.90. The van der Waals surface area contributed by atoms with Crippen molar-refractivity contribution >= 4 is 23.0 Å². The summed E-state index contributed by atoms with van der Waals surface area (Å²) >= 11 is 0. The van der Waals surface area contributed by atoms with Gasteiger partial charge < -0.3 is 10.1 Å². The molecule has 4 aromatic rings. The lowest BCUT2D eigenvalue weighted by Crippen LogP contribution is -2.23. The van der Waals surface area contributed by atoms with E-state index in [0.717, 1.165) is 11.3 Å². The first-order chi connectivity index (χ1) is 14.8. The second kappa shape index (κ2) is 8.06. The Morgan fingerprint density at radius 1 is 1.10 bits per heavy atom. The maximum Gasteiger partial charge on any atom is 0.338 e. The van der Waals surface area contributed by atoms with Crippen LogP contribution in [-0.4, -0.2) is 31.3 Å². The van der Waals surface area contributed by atoms with Crippen molar-refractivity contribution < 1.29 is 9.53 Å². The highest BCUT2D eigenvalue weighted by Gasteiger charge is 2.17. The van der Waals surface area contributed by atoms with E-state index >= 15 is 0 Å². The van der Waals surface area contributed by atoms with Crippen LogP contribution in [0.15, 0.2) is 65.6 Å². The van der Waals surface area contributed by atoms with Crippen molar-refractivity contribution in [3.8, 4) is 5.69 Å². The maximum absolute atomic E-state index is 12.4. The molecule has 0 radical (unpaired) electrons. The molecule has 2 N–H and O–H groups in total. The minimum Gasteiger partial charge on any atom is -0.456 e. The molecule has 8 heteroatoms. The number of hydrogen-bond donors (Lipinski definition) is 2. The summed E-state index contributed by atoms with van der Waals surface area (Å²) in [4.78, 5) is 31.9. The largest absolute Gasteiger partial charge is 0.456 e. The summed E-state index contributed by atoms with van der Waals surface area (Å²) in [7, 11) is 0. The number of benzene rings is 2. The summed E-state index contributed by atoms with van der Waals surface area (Å²) in [6.07, 6.45) is 1.51. The number of H-pyrrole nitrogens is 1. The van der Waals surface area contributed by atoms with Crippen LogP contribution in [0.5, 0.6) is 0 Å². The number of rotatable bonds is 5. The SMILES string of the molecule is CC(C)(C)OC(=O)c1ccc(CNc2nc3c(cnn3-c3ccccc3)c(=O)[nH]2)cc1. The third kappa shape index (κ3) is 4.63. The number of para-hydroxylation sites is 1. The Balaban J connectivity index is 1.52. The van der Waals surface area contributed by atoms with E-state index in [4.69, 9.17) is 4.74 Å². The Kier molecular flexibility index (Phi) is 5.29. The number of aromatic nitrogens is 4. The van der Waals surface area contributed by atoms with Crippen LogP contribution in [0.3, 0.4) is 0 Å². The molecule has 4 rings (SSSR count). The smallest absolute Gasteiger partial charge is 0.338 e. The second-order valence-corrected chi connectivity index (χ2v) is 8.10. The van der Waals surface area contributed by atoms with E-state index in [-0.39, 0.29) is 11.5 Å². The number of carbonyl (C=O) groups is 1. The fourth-order valence-corrected chi connectivity index (χ4v) is 3.04. The molecule has 8 nitrogen and oxygen atoms in total. The molecule has 2 aromatic heterocycles. The molecule has 158 valence electrons.